The first kappa shape index (κ1) is 32.1. The molecule has 4 N–H and O–H groups in total. The highest BCUT2D eigenvalue weighted by Gasteiger charge is 2.22. The number of aromatic hydroxyl groups is 2. The van der Waals surface area contributed by atoms with Crippen molar-refractivity contribution in [3.63, 3.8) is 0 Å². The average molecular weight is 684 g/mol. The normalized spacial score (nSPS) is 12.3. The van der Waals surface area contributed by atoms with Crippen LogP contribution < -0.4 is 5.90 Å². The number of nitrogens with zero attached hydrogens (tertiary/aromatic N) is 6. The minimum absolute atomic E-state index is 0.0577. The lowest BCUT2D eigenvalue weighted by Gasteiger charge is -2.18. The van der Waals surface area contributed by atoms with Crippen molar-refractivity contribution in [3.05, 3.63) is 157 Å². The Kier molecular flexibility index (Phi) is 8.68. The van der Waals surface area contributed by atoms with Crippen LogP contribution in [0.25, 0.3) is 44.5 Å². The van der Waals surface area contributed by atoms with E-state index in [2.05, 4.69) is 30.7 Å². The standard InChI is InChI=1S/C41H29N7O4/c42-52-39(26-9-2-1-3-10-26)34-24-29-11-5-7-13-33(29)37(38(34)50)46-44-31-21-16-28(17-22-31)41-48-47-40(51-41)27-14-19-30(20-15-27)43-45-36-32-12-6-4-8-25(32)18-23-35(36)49/h1-24,39,49-50H,42H2. The van der Waals surface area contributed by atoms with E-state index in [1.165, 1.54) is 0 Å². The van der Waals surface area contributed by atoms with Crippen molar-refractivity contribution >= 4 is 44.3 Å². The summed E-state index contributed by atoms with van der Waals surface area (Å²) in [4.78, 5) is 5.33. The Balaban J connectivity index is 1.00. The van der Waals surface area contributed by atoms with E-state index in [9.17, 15) is 10.2 Å². The number of aromatic nitrogens is 2. The first-order chi connectivity index (χ1) is 25.6. The van der Waals surface area contributed by atoms with Crippen LogP contribution in [0.2, 0.25) is 0 Å². The van der Waals surface area contributed by atoms with Crippen LogP contribution in [0.1, 0.15) is 17.2 Å². The van der Waals surface area contributed by atoms with Gasteiger partial charge in [-0.1, -0.05) is 84.9 Å². The summed E-state index contributed by atoms with van der Waals surface area (Å²) in [7, 11) is 0. The predicted octanol–water partition coefficient (Wildman–Crippen LogP) is 10.9. The van der Waals surface area contributed by atoms with Crippen LogP contribution in [0, 0.1) is 0 Å². The van der Waals surface area contributed by atoms with Crippen LogP contribution in [-0.4, -0.2) is 20.4 Å². The molecule has 8 aromatic rings. The van der Waals surface area contributed by atoms with Crippen LogP contribution in [0.4, 0.5) is 22.7 Å². The highest BCUT2D eigenvalue weighted by Crippen LogP contribution is 2.44. The summed E-state index contributed by atoms with van der Waals surface area (Å²) in [6.45, 7) is 0. The Morgan fingerprint density at radius 2 is 1.10 bits per heavy atom. The van der Waals surface area contributed by atoms with Gasteiger partial charge >= 0.3 is 0 Å². The third-order valence-electron chi connectivity index (χ3n) is 8.61. The molecular weight excluding hydrogens is 654 g/mol. The number of phenolic OH excluding ortho intramolecular Hbond substituents is 2. The van der Waals surface area contributed by atoms with Gasteiger partial charge in [-0.3, -0.25) is 4.84 Å². The Labute approximate surface area is 297 Å². The molecule has 1 heterocycles. The van der Waals surface area contributed by atoms with Crippen LogP contribution in [-0.2, 0) is 4.84 Å². The molecule has 1 aromatic heterocycles. The van der Waals surface area contributed by atoms with Gasteiger partial charge in [-0.15, -0.1) is 20.4 Å². The van der Waals surface area contributed by atoms with E-state index in [1.807, 2.05) is 103 Å². The van der Waals surface area contributed by atoms with Gasteiger partial charge in [0.25, 0.3) is 0 Å². The molecule has 0 bridgehead atoms. The number of fused-ring (bicyclic) bond motifs is 2. The Bertz CT molecular complexity index is 2590. The van der Waals surface area contributed by atoms with Gasteiger partial charge in [-0.25, -0.2) is 5.90 Å². The van der Waals surface area contributed by atoms with Gasteiger partial charge in [0.15, 0.2) is 0 Å². The third-order valence-corrected chi connectivity index (χ3v) is 8.61. The topological polar surface area (TPSA) is 164 Å². The molecule has 0 fully saturated rings. The first-order valence-electron chi connectivity index (χ1n) is 16.3. The molecule has 0 spiro atoms. The van der Waals surface area contributed by atoms with Crippen molar-refractivity contribution < 1.29 is 19.5 Å². The van der Waals surface area contributed by atoms with E-state index >= 15 is 0 Å². The Hall–Kier alpha value is -7.08. The number of nitrogens with two attached hydrogens (primary N) is 1. The van der Waals surface area contributed by atoms with Gasteiger partial charge in [0.05, 0.1) is 11.4 Å². The van der Waals surface area contributed by atoms with Crippen molar-refractivity contribution in [3.8, 4) is 34.4 Å². The monoisotopic (exact) mass is 683 g/mol. The lowest BCUT2D eigenvalue weighted by atomic mass is 9.96. The van der Waals surface area contributed by atoms with Crippen LogP contribution in [0.15, 0.2) is 170 Å². The van der Waals surface area contributed by atoms with Gasteiger partial charge in [0, 0.05) is 27.5 Å². The number of phenols is 2. The maximum atomic E-state index is 11.4. The number of benzene rings is 7. The molecule has 1 atom stereocenters. The molecule has 0 aliphatic rings. The number of rotatable bonds is 9. The van der Waals surface area contributed by atoms with E-state index < -0.39 is 6.10 Å². The van der Waals surface area contributed by atoms with Crippen molar-refractivity contribution in [1.29, 1.82) is 0 Å². The number of hydrogen-bond donors (Lipinski definition) is 3. The van der Waals surface area contributed by atoms with E-state index in [-0.39, 0.29) is 11.5 Å². The molecule has 8 rings (SSSR count). The van der Waals surface area contributed by atoms with Gasteiger partial charge < -0.3 is 14.6 Å². The number of hydrogen-bond acceptors (Lipinski definition) is 11. The molecule has 0 amide bonds. The summed E-state index contributed by atoms with van der Waals surface area (Å²) in [6, 6.07) is 44.3. The van der Waals surface area contributed by atoms with E-state index in [4.69, 9.17) is 15.2 Å². The molecule has 0 aliphatic heterocycles. The van der Waals surface area contributed by atoms with Crippen LogP contribution in [0.3, 0.4) is 0 Å². The zero-order valence-corrected chi connectivity index (χ0v) is 27.4. The molecule has 7 aromatic carbocycles. The van der Waals surface area contributed by atoms with Gasteiger partial charge in [-0.2, -0.15) is 10.2 Å². The van der Waals surface area contributed by atoms with Crippen LogP contribution in [0.5, 0.6) is 11.5 Å². The molecule has 0 radical (unpaired) electrons. The summed E-state index contributed by atoms with van der Waals surface area (Å²) < 4.78 is 5.99. The summed E-state index contributed by atoms with van der Waals surface area (Å²) in [5, 5.41) is 51.1. The highest BCUT2D eigenvalue weighted by molar-refractivity contribution is 5.97. The Morgan fingerprint density at radius 1 is 0.558 bits per heavy atom. The molecule has 1 unspecified atom stereocenters. The van der Waals surface area contributed by atoms with Gasteiger partial charge in [0.1, 0.15) is 29.0 Å². The van der Waals surface area contributed by atoms with E-state index in [0.717, 1.165) is 27.1 Å². The second kappa shape index (κ2) is 14.0. The van der Waals surface area contributed by atoms with Crippen molar-refractivity contribution in [2.75, 3.05) is 0 Å². The molecule has 252 valence electrons. The zero-order valence-electron chi connectivity index (χ0n) is 27.4. The average Bonchev–Trinajstić information content (AvgIpc) is 3.69. The largest absolute Gasteiger partial charge is 0.506 e. The first-order valence-corrected chi connectivity index (χ1v) is 16.3. The second-order valence-electron chi connectivity index (χ2n) is 11.9. The minimum atomic E-state index is -0.710. The summed E-state index contributed by atoms with van der Waals surface area (Å²) in [6.07, 6.45) is -0.710. The van der Waals surface area contributed by atoms with Crippen molar-refractivity contribution in [2.45, 2.75) is 6.10 Å². The quantitative estimate of drug-likeness (QED) is 0.101. The molecule has 11 heteroatoms. The number of azo groups is 2. The molecule has 0 saturated carbocycles. The van der Waals surface area contributed by atoms with E-state index in [1.54, 1.807) is 42.5 Å². The van der Waals surface area contributed by atoms with E-state index in [0.29, 0.717) is 51.2 Å². The molecule has 0 aliphatic carbocycles. The molecule has 52 heavy (non-hydrogen) atoms. The smallest absolute Gasteiger partial charge is 0.248 e. The molecular formula is C41H29N7O4. The summed E-state index contributed by atoms with van der Waals surface area (Å²) in [5.74, 6) is 6.38. The maximum Gasteiger partial charge on any atom is 0.248 e. The molecule has 0 saturated heterocycles. The van der Waals surface area contributed by atoms with Crippen molar-refractivity contribution in [1.82, 2.24) is 10.2 Å². The SMILES string of the molecule is NOC(c1ccccc1)c1cc2ccccc2c(N=Nc2ccc(-c3nnc(-c4ccc(N=Nc5c(O)ccc6ccccc56)cc4)o3)cc2)c1O. The molecule has 11 nitrogen and oxygen atoms in total. The fourth-order valence-corrected chi connectivity index (χ4v) is 5.96. The lowest BCUT2D eigenvalue weighted by Crippen LogP contribution is -2.11. The lowest BCUT2D eigenvalue weighted by molar-refractivity contribution is 0.0797. The van der Waals surface area contributed by atoms with Crippen molar-refractivity contribution in [2.24, 2.45) is 26.4 Å². The summed E-state index contributed by atoms with van der Waals surface area (Å²) in [5.41, 5.74) is 4.52. The second-order valence-corrected chi connectivity index (χ2v) is 11.9. The van der Waals surface area contributed by atoms with Gasteiger partial charge in [-0.05, 0) is 77.0 Å². The fourth-order valence-electron chi connectivity index (χ4n) is 5.96. The third kappa shape index (κ3) is 6.36. The highest BCUT2D eigenvalue weighted by atomic mass is 16.6. The Morgan fingerprint density at radius 3 is 1.71 bits per heavy atom. The zero-order chi connectivity index (χ0) is 35.4. The fraction of sp³-hybridized carbons (Fsp3) is 0.0244. The van der Waals surface area contributed by atoms with Crippen LogP contribution >= 0.6 is 0 Å². The summed E-state index contributed by atoms with van der Waals surface area (Å²) >= 11 is 0. The minimum Gasteiger partial charge on any atom is -0.506 e. The predicted molar refractivity (Wildman–Crippen MR) is 198 cm³/mol. The maximum absolute atomic E-state index is 11.4. The van der Waals surface area contributed by atoms with Gasteiger partial charge in [0.2, 0.25) is 11.8 Å².